The van der Waals surface area contributed by atoms with Gasteiger partial charge in [-0.1, -0.05) is 66.2 Å². The molecular formula is C23H19ClFNO. The van der Waals surface area contributed by atoms with Gasteiger partial charge in [-0.25, -0.2) is 4.39 Å². The van der Waals surface area contributed by atoms with Crippen LogP contribution >= 0.6 is 11.6 Å². The van der Waals surface area contributed by atoms with E-state index < -0.39 is 6.86 Å². The number of aliphatic imine (C=N–C) groups is 1. The van der Waals surface area contributed by atoms with E-state index in [9.17, 15) is 4.39 Å². The molecule has 0 bridgehead atoms. The van der Waals surface area contributed by atoms with Crippen molar-refractivity contribution in [1.29, 1.82) is 0 Å². The average Bonchev–Trinajstić information content (AvgIpc) is 3.19. The molecule has 0 N–H and O–H groups in total. The molecule has 3 aromatic carbocycles. The van der Waals surface area contributed by atoms with Gasteiger partial charge in [0.05, 0.1) is 6.04 Å². The monoisotopic (exact) mass is 379 g/mol. The van der Waals surface area contributed by atoms with Crippen LogP contribution in [-0.4, -0.2) is 12.6 Å². The summed E-state index contributed by atoms with van der Waals surface area (Å²) in [5.74, 6) is 0.533. The number of nitrogens with zero attached hydrogens (tertiary/aromatic N) is 1. The largest absolute Gasteiger partial charge is 0.463 e. The van der Waals surface area contributed by atoms with Crippen LogP contribution in [0.5, 0.6) is 5.75 Å². The van der Waals surface area contributed by atoms with Gasteiger partial charge in [0.15, 0.2) is 0 Å². The summed E-state index contributed by atoms with van der Waals surface area (Å²) in [5, 5.41) is 0.757. The van der Waals surface area contributed by atoms with Gasteiger partial charge in [-0.15, -0.1) is 0 Å². The van der Waals surface area contributed by atoms with Crippen LogP contribution in [0.3, 0.4) is 0 Å². The number of alkyl halides is 1. The van der Waals surface area contributed by atoms with Crippen molar-refractivity contribution in [3.8, 4) is 16.9 Å². The molecule has 27 heavy (non-hydrogen) atoms. The Hall–Kier alpha value is -2.65. The summed E-state index contributed by atoms with van der Waals surface area (Å²) in [5.41, 5.74) is 5.50. The van der Waals surface area contributed by atoms with E-state index in [4.69, 9.17) is 21.3 Å². The zero-order valence-electron chi connectivity index (χ0n) is 14.7. The maximum atomic E-state index is 12.2. The van der Waals surface area contributed by atoms with Gasteiger partial charge in [0.2, 0.25) is 6.86 Å². The molecule has 3 aromatic rings. The minimum Gasteiger partial charge on any atom is -0.463 e. The Labute approximate surface area is 163 Å². The van der Waals surface area contributed by atoms with Gasteiger partial charge < -0.3 is 4.74 Å². The van der Waals surface area contributed by atoms with E-state index in [2.05, 4.69) is 24.3 Å². The summed E-state index contributed by atoms with van der Waals surface area (Å²) >= 11 is 6.31. The third-order valence-corrected chi connectivity index (χ3v) is 5.18. The van der Waals surface area contributed by atoms with Crippen molar-refractivity contribution >= 4 is 17.3 Å². The van der Waals surface area contributed by atoms with Crippen molar-refractivity contribution in [2.75, 3.05) is 6.86 Å². The number of hydrogen-bond acceptors (Lipinski definition) is 2. The van der Waals surface area contributed by atoms with Gasteiger partial charge in [0, 0.05) is 16.3 Å². The van der Waals surface area contributed by atoms with Gasteiger partial charge in [0.25, 0.3) is 0 Å². The lowest BCUT2D eigenvalue weighted by atomic mass is 9.99. The molecule has 136 valence electrons. The molecule has 1 heterocycles. The summed E-state index contributed by atoms with van der Waals surface area (Å²) < 4.78 is 17.1. The van der Waals surface area contributed by atoms with Gasteiger partial charge in [0.1, 0.15) is 5.75 Å². The third-order valence-electron chi connectivity index (χ3n) is 4.86. The highest BCUT2D eigenvalue weighted by molar-refractivity contribution is 6.34. The van der Waals surface area contributed by atoms with Crippen LogP contribution in [0.4, 0.5) is 4.39 Å². The standard InChI is InChI=1S/C23H19ClFNO/c24-21-4-2-1-3-20(21)23-14-13-22(26-23)18-7-5-16(6-8-18)17-9-11-19(12-10-17)27-15-25/h1-12,22H,13-15H2. The van der Waals surface area contributed by atoms with E-state index in [0.717, 1.165) is 40.3 Å². The van der Waals surface area contributed by atoms with Crippen LogP contribution < -0.4 is 4.74 Å². The number of hydrogen-bond donors (Lipinski definition) is 0. The predicted octanol–water partition coefficient (Wildman–Crippen LogP) is 6.64. The Balaban J connectivity index is 1.52. The molecule has 0 amide bonds. The number of halogens is 2. The molecule has 4 rings (SSSR count). The van der Waals surface area contributed by atoms with Crippen molar-refractivity contribution in [2.45, 2.75) is 18.9 Å². The van der Waals surface area contributed by atoms with E-state index in [1.54, 1.807) is 12.1 Å². The highest BCUT2D eigenvalue weighted by Gasteiger charge is 2.21. The first-order valence-corrected chi connectivity index (χ1v) is 9.33. The van der Waals surface area contributed by atoms with Crippen LogP contribution in [0.2, 0.25) is 5.02 Å². The van der Waals surface area contributed by atoms with Crippen LogP contribution in [0.25, 0.3) is 11.1 Å². The van der Waals surface area contributed by atoms with E-state index in [-0.39, 0.29) is 6.04 Å². The highest BCUT2D eigenvalue weighted by Crippen LogP contribution is 2.34. The molecule has 0 saturated carbocycles. The maximum absolute atomic E-state index is 12.2. The summed E-state index contributed by atoms with van der Waals surface area (Å²) in [7, 11) is 0. The maximum Gasteiger partial charge on any atom is 0.228 e. The molecular weight excluding hydrogens is 361 g/mol. The first-order chi connectivity index (χ1) is 13.2. The summed E-state index contributed by atoms with van der Waals surface area (Å²) in [6.45, 7) is -0.813. The van der Waals surface area contributed by atoms with Crippen LogP contribution in [0.15, 0.2) is 77.8 Å². The highest BCUT2D eigenvalue weighted by atomic mass is 35.5. The first-order valence-electron chi connectivity index (χ1n) is 8.95. The van der Waals surface area contributed by atoms with E-state index in [1.807, 2.05) is 36.4 Å². The minimum atomic E-state index is -0.813. The Morgan fingerprint density at radius 2 is 1.59 bits per heavy atom. The second-order valence-corrected chi connectivity index (χ2v) is 6.92. The lowest BCUT2D eigenvalue weighted by molar-refractivity contribution is 0.192. The van der Waals surface area contributed by atoms with Gasteiger partial charge in [-0.3, -0.25) is 4.99 Å². The average molecular weight is 380 g/mol. The van der Waals surface area contributed by atoms with Crippen molar-refractivity contribution in [3.63, 3.8) is 0 Å². The Morgan fingerprint density at radius 3 is 2.26 bits per heavy atom. The van der Waals surface area contributed by atoms with E-state index >= 15 is 0 Å². The Kier molecular flexibility index (Phi) is 5.21. The quantitative estimate of drug-likeness (QED) is 0.487. The molecule has 0 aliphatic carbocycles. The van der Waals surface area contributed by atoms with Gasteiger partial charge >= 0.3 is 0 Å². The van der Waals surface area contributed by atoms with Crippen LogP contribution in [-0.2, 0) is 0 Å². The second kappa shape index (κ2) is 7.93. The Morgan fingerprint density at radius 1 is 0.926 bits per heavy atom. The fourth-order valence-corrected chi connectivity index (χ4v) is 3.68. The molecule has 1 aliphatic heterocycles. The molecule has 0 radical (unpaired) electrons. The number of benzene rings is 3. The molecule has 0 spiro atoms. The minimum absolute atomic E-state index is 0.172. The van der Waals surface area contributed by atoms with Crippen molar-refractivity contribution in [3.05, 3.63) is 88.9 Å². The topological polar surface area (TPSA) is 21.6 Å². The van der Waals surface area contributed by atoms with Crippen LogP contribution in [0, 0.1) is 0 Å². The second-order valence-electron chi connectivity index (χ2n) is 6.51. The molecule has 2 nitrogen and oxygen atoms in total. The first kappa shape index (κ1) is 17.7. The molecule has 1 aliphatic rings. The molecule has 0 fully saturated rings. The molecule has 4 heteroatoms. The van der Waals surface area contributed by atoms with Crippen molar-refractivity contribution < 1.29 is 9.13 Å². The summed E-state index contributed by atoms with van der Waals surface area (Å²) in [4.78, 5) is 4.90. The normalized spacial score (nSPS) is 16.2. The van der Waals surface area contributed by atoms with Crippen LogP contribution in [0.1, 0.15) is 30.0 Å². The van der Waals surface area contributed by atoms with E-state index in [0.29, 0.717) is 5.75 Å². The van der Waals surface area contributed by atoms with Crippen molar-refractivity contribution in [1.82, 2.24) is 0 Å². The fourth-order valence-electron chi connectivity index (χ4n) is 3.44. The number of rotatable bonds is 5. The smallest absolute Gasteiger partial charge is 0.228 e. The number of ether oxygens (including phenoxy) is 1. The lowest BCUT2D eigenvalue weighted by Gasteiger charge is -2.09. The van der Waals surface area contributed by atoms with Gasteiger partial charge in [-0.05, 0) is 47.7 Å². The zero-order chi connectivity index (χ0) is 18.6. The van der Waals surface area contributed by atoms with Gasteiger partial charge in [-0.2, -0.15) is 0 Å². The van der Waals surface area contributed by atoms with E-state index in [1.165, 1.54) is 5.56 Å². The Bertz CT molecular complexity index is 951. The third kappa shape index (κ3) is 3.88. The lowest BCUT2D eigenvalue weighted by Crippen LogP contribution is -1.96. The molecule has 0 aromatic heterocycles. The molecule has 0 saturated heterocycles. The SMILES string of the molecule is FCOc1ccc(-c2ccc(C3CCC(c4ccccc4Cl)=N3)cc2)cc1. The predicted molar refractivity (Wildman–Crippen MR) is 108 cm³/mol. The zero-order valence-corrected chi connectivity index (χ0v) is 15.5. The molecule has 1 atom stereocenters. The summed E-state index contributed by atoms with van der Waals surface area (Å²) in [6.07, 6.45) is 1.93. The van der Waals surface area contributed by atoms with Crippen molar-refractivity contribution in [2.24, 2.45) is 4.99 Å². The fraction of sp³-hybridized carbons (Fsp3) is 0.174. The summed E-state index contributed by atoms with van der Waals surface area (Å²) in [6, 6.07) is 23.9. The molecule has 1 unspecified atom stereocenters.